The molecule has 0 amide bonds. The van der Waals surface area contributed by atoms with Crippen LogP contribution in [-0.4, -0.2) is 155 Å². The van der Waals surface area contributed by atoms with Crippen LogP contribution >= 0.6 is 11.6 Å². The van der Waals surface area contributed by atoms with Gasteiger partial charge in [-0.15, -0.1) is 20.5 Å². The topological polar surface area (TPSA) is 542 Å². The van der Waals surface area contributed by atoms with E-state index in [0.717, 1.165) is 18.2 Å². The van der Waals surface area contributed by atoms with Gasteiger partial charge >= 0.3 is 6.08 Å². The molecule has 0 unspecified atom stereocenters. The Labute approximate surface area is 541 Å². The van der Waals surface area contributed by atoms with Crippen molar-refractivity contribution >= 4 is 186 Å². The monoisotopic (exact) mass is 1410 g/mol. The van der Waals surface area contributed by atoms with Crippen LogP contribution in [0, 0.1) is 6.08 Å². The standard InChI is InChI=1S/C49H34ClFN14O20S6.Na/c1-65(26-8-3-2-4-9-26)49-58-45(51)57-48(60-49)54-33-21-28(87(71,72)73)16-24-18-36(90(80,81)82)40(42(67)38(24)33)64-62-31-19-25(12-14-34(31)88(74,75)76)52-46-55-44(50)56-47(59-46)53-32-20-27(86(68,69)70)15-23-17-35(89(77,78)79)39(41(66)37(23)32)63-61-30-13-11-22-7-5-6-10-29(22)43(30)91(83,84)85;/h2-21,66-67H,1H3,(H,68,69,70)(H,71,72,73)(H,74,75,76)(H,77,78,79)(H,80,81,82)(H,83,84,85)(H,54,57,58,60)(H2,52,53,55,56,59);. The maximum Gasteiger partial charge on any atom is 0.315 e. The first kappa shape index (κ1) is 67.6. The molecule has 1 radical (unpaired) electrons. The summed E-state index contributed by atoms with van der Waals surface area (Å²) >= 11 is 6.30. The first-order valence-corrected chi connectivity index (χ1v) is 33.4. The molecule has 0 aliphatic heterocycles. The molecule has 0 aliphatic carbocycles. The van der Waals surface area contributed by atoms with Gasteiger partial charge in [-0.2, -0.15) is 69.8 Å². The second-order valence-electron chi connectivity index (χ2n) is 18.6. The van der Waals surface area contributed by atoms with E-state index >= 15 is 4.39 Å². The number of aromatic amines is 3. The fourth-order valence-corrected chi connectivity index (χ4v) is 12.8. The zero-order valence-electron chi connectivity index (χ0n) is 45.6. The van der Waals surface area contributed by atoms with Crippen LogP contribution in [0.1, 0.15) is 0 Å². The summed E-state index contributed by atoms with van der Waals surface area (Å²) in [7, 11) is -30.5. The summed E-state index contributed by atoms with van der Waals surface area (Å²) in [5.41, 5.74) is -7.10. The molecule has 92 heavy (non-hydrogen) atoms. The molecule has 2 heterocycles. The number of nitrogens with zero attached hydrogens (tertiary/aromatic N) is 11. The van der Waals surface area contributed by atoms with Crippen LogP contribution in [0.15, 0.2) is 186 Å². The van der Waals surface area contributed by atoms with Crippen LogP contribution in [0.4, 0.5) is 55.8 Å². The predicted octanol–water partition coefficient (Wildman–Crippen LogP) is 6.91. The maximum atomic E-state index is 15.0. The molecular formula is C49H34ClFN14NaO20S6. The summed E-state index contributed by atoms with van der Waals surface area (Å²) in [6.07, 6.45) is -1.39. The van der Waals surface area contributed by atoms with Crippen molar-refractivity contribution in [1.82, 2.24) is 29.9 Å². The van der Waals surface area contributed by atoms with Crippen LogP contribution in [0.2, 0.25) is 5.28 Å². The normalized spacial score (nSPS) is 13.5. The van der Waals surface area contributed by atoms with Gasteiger partial charge in [-0.05, 0) is 101 Å². The Balaban J connectivity index is 0.00001000. The number of hydrogen-bond acceptors (Lipinski definition) is 25. The average Bonchev–Trinajstić information content (AvgIpc) is 0.758. The van der Waals surface area contributed by atoms with Crippen LogP contribution in [0.3, 0.4) is 0 Å². The smallest absolute Gasteiger partial charge is 0.315 e. The molecule has 471 valence electrons. The number of phenols is 2. The molecule has 0 fully saturated rings. The van der Waals surface area contributed by atoms with Crippen molar-refractivity contribution in [3.63, 3.8) is 0 Å². The number of phenolic OH excluding ortho intramolecular Hbond substituents is 2. The molecule has 0 saturated carbocycles. The van der Waals surface area contributed by atoms with Gasteiger partial charge in [0.05, 0.1) is 37.6 Å². The number of hydrogen-bond donors (Lipinski definition) is 11. The molecule has 0 aliphatic rings. The zero-order valence-corrected chi connectivity index (χ0v) is 53.3. The van der Waals surface area contributed by atoms with E-state index in [9.17, 15) is 88.0 Å². The first-order chi connectivity index (χ1) is 42.4. The van der Waals surface area contributed by atoms with Crippen molar-refractivity contribution in [2.45, 2.75) is 29.4 Å². The second kappa shape index (κ2) is 25.0. The number of aromatic hydroxyl groups is 2. The number of H-pyrrole nitrogens is 3. The van der Waals surface area contributed by atoms with E-state index in [2.05, 4.69) is 65.3 Å². The molecule has 10 rings (SSSR count). The number of halogens is 2. The summed E-state index contributed by atoms with van der Waals surface area (Å²) in [5, 5.41) is 35.7. The van der Waals surface area contributed by atoms with Gasteiger partial charge in [-0.1, -0.05) is 48.5 Å². The van der Waals surface area contributed by atoms with Crippen molar-refractivity contribution in [3.05, 3.63) is 150 Å². The Morgan fingerprint density at radius 2 is 1.00 bits per heavy atom. The van der Waals surface area contributed by atoms with Gasteiger partial charge < -0.3 is 20.1 Å². The van der Waals surface area contributed by atoms with Crippen LogP contribution in [0.25, 0.3) is 32.3 Å². The average molecular weight is 1410 g/mol. The zero-order chi connectivity index (χ0) is 66.1. The maximum absolute atomic E-state index is 15.0. The Hall–Kier alpha value is -8.76. The molecule has 0 spiro atoms. The molecular weight excluding hydrogens is 1370 g/mol. The molecule has 34 nitrogen and oxygen atoms in total. The number of azo groups is 2. The number of anilines is 2. The van der Waals surface area contributed by atoms with E-state index in [4.69, 9.17) is 11.6 Å². The van der Waals surface area contributed by atoms with Crippen LogP contribution in [0.5, 0.6) is 11.5 Å². The van der Waals surface area contributed by atoms with Gasteiger partial charge in [0.15, 0.2) is 11.5 Å². The fraction of sp³-hybridized carbons (Fsp3) is 0.0204. The van der Waals surface area contributed by atoms with E-state index in [1.807, 2.05) is 0 Å². The second-order valence-corrected chi connectivity index (χ2v) is 27.3. The number of aromatic nitrogens is 6. The Morgan fingerprint density at radius 1 is 0.478 bits per heavy atom. The van der Waals surface area contributed by atoms with E-state index < -0.39 is 191 Å². The molecule has 10 aromatic rings. The number of para-hydroxylation sites is 1. The quantitative estimate of drug-likeness (QED) is 0.0282. The van der Waals surface area contributed by atoms with Gasteiger partial charge in [0.25, 0.3) is 60.7 Å². The number of benzene rings is 8. The Morgan fingerprint density at radius 3 is 1.54 bits per heavy atom. The van der Waals surface area contributed by atoms with Gasteiger partial charge in [-0.25, -0.2) is 15.0 Å². The van der Waals surface area contributed by atoms with Crippen molar-refractivity contribution in [1.29, 1.82) is 0 Å². The number of rotatable bonds is 15. The fourth-order valence-electron chi connectivity index (χ4n) is 8.79. The van der Waals surface area contributed by atoms with Gasteiger partial charge in [0, 0.05) is 47.7 Å². The molecule has 43 heteroatoms. The third-order valence-electron chi connectivity index (χ3n) is 12.6. The summed E-state index contributed by atoms with van der Waals surface area (Å²) in [6, 6.07) is 22.4. The minimum absolute atomic E-state index is 0. The summed E-state index contributed by atoms with van der Waals surface area (Å²) in [5.74, 6) is -2.78. The van der Waals surface area contributed by atoms with Crippen LogP contribution in [-0.2, 0) is 60.7 Å². The Bertz CT molecular complexity index is 5830. The minimum Gasteiger partial charge on any atom is -0.505 e. The van der Waals surface area contributed by atoms with Gasteiger partial charge in [-0.3, -0.25) is 37.3 Å². The molecule has 2 aromatic heterocycles. The molecule has 8 aromatic carbocycles. The van der Waals surface area contributed by atoms with E-state index in [1.165, 1.54) is 36.2 Å². The van der Waals surface area contributed by atoms with Gasteiger partial charge in [0.1, 0.15) is 42.3 Å². The minimum atomic E-state index is -5.58. The predicted molar refractivity (Wildman–Crippen MR) is 319 cm³/mol. The molecule has 0 bridgehead atoms. The first-order valence-electron chi connectivity index (χ1n) is 24.4. The third kappa shape index (κ3) is 14.5. The van der Waals surface area contributed by atoms with Crippen LogP contribution < -0.4 is 21.8 Å². The van der Waals surface area contributed by atoms with Gasteiger partial charge in [0.2, 0.25) is 28.1 Å². The van der Waals surface area contributed by atoms with E-state index in [1.54, 1.807) is 36.4 Å². The summed E-state index contributed by atoms with van der Waals surface area (Å²) in [4.78, 5) is 26.1. The van der Waals surface area contributed by atoms with Crippen molar-refractivity contribution in [2.75, 3.05) is 11.9 Å². The summed E-state index contributed by atoms with van der Waals surface area (Å²) in [6.45, 7) is 0. The Kier molecular flexibility index (Phi) is 18.4. The largest absolute Gasteiger partial charge is 0.505 e. The van der Waals surface area contributed by atoms with Crippen molar-refractivity contribution in [2.24, 2.45) is 35.4 Å². The van der Waals surface area contributed by atoms with E-state index in [-0.39, 0.29) is 40.9 Å². The molecule has 11 N–H and O–H groups in total. The SMILES string of the molecule is CN(c1ccccc1)c1nc(F)nc(=Nc2cc(S(=O)(=O)O)cc3cc(S(=O)(=O)O)c(N=Nc4cc(N=c5nc(Cl)[nH]c(=Nc6cc(S(=O)(=O)O)cc7cc(S(=O)(=O)O)c(N=Nc8ccc9ccccc9c8S(=O)(=O)O)c(O)c67)[nH]5)ccc4S(=O)(=O)O)c(O)c23)[nH]1.[Na]. The number of nitrogens with one attached hydrogen (secondary N) is 3. The van der Waals surface area contributed by atoms with Crippen molar-refractivity contribution < 1.29 is 92.4 Å². The number of fused-ring (bicyclic) bond motifs is 3. The molecule has 0 saturated heterocycles. The summed E-state index contributed by atoms with van der Waals surface area (Å²) < 4.78 is 229. The van der Waals surface area contributed by atoms with E-state index in [0.29, 0.717) is 53.5 Å². The van der Waals surface area contributed by atoms with Crippen molar-refractivity contribution in [3.8, 4) is 11.5 Å². The molecule has 0 atom stereocenters. The third-order valence-corrected chi connectivity index (χ3v) is 18.1.